The fourth-order valence-electron chi connectivity index (χ4n) is 2.19. The fraction of sp³-hybridized carbons (Fsp3) is 0.650. The lowest BCUT2D eigenvalue weighted by Crippen LogP contribution is -2.43. The standard InChI is InChI=1S/C20H34N2O3.ClH/c1-5-6-13-24-14-7-12-21-15-17-8-10-18(11-9-17)25-16-19(23)22-20(2,3)4;/h8-11,21H,5-7,12-16H2,1-4H3,(H,22,23);1H. The van der Waals surface area contributed by atoms with E-state index in [-0.39, 0.29) is 30.5 Å². The lowest BCUT2D eigenvalue weighted by atomic mass is 10.1. The highest BCUT2D eigenvalue weighted by Gasteiger charge is 2.13. The van der Waals surface area contributed by atoms with Crippen LogP contribution in [-0.2, 0) is 16.1 Å². The van der Waals surface area contributed by atoms with Crippen molar-refractivity contribution in [3.05, 3.63) is 29.8 Å². The zero-order chi connectivity index (χ0) is 18.5. The molecule has 0 saturated heterocycles. The van der Waals surface area contributed by atoms with E-state index in [1.807, 2.05) is 45.0 Å². The minimum absolute atomic E-state index is 0. The summed E-state index contributed by atoms with van der Waals surface area (Å²) in [5, 5.41) is 6.28. The highest BCUT2D eigenvalue weighted by atomic mass is 35.5. The summed E-state index contributed by atoms with van der Waals surface area (Å²) in [6.07, 6.45) is 3.34. The van der Waals surface area contributed by atoms with Crippen molar-refractivity contribution in [3.63, 3.8) is 0 Å². The second kappa shape index (κ2) is 13.8. The van der Waals surface area contributed by atoms with Gasteiger partial charge in [-0.25, -0.2) is 0 Å². The first-order chi connectivity index (χ1) is 11.9. The average molecular weight is 387 g/mol. The first kappa shape index (κ1) is 24.7. The number of nitrogens with one attached hydrogen (secondary N) is 2. The third-order valence-electron chi connectivity index (χ3n) is 3.42. The summed E-state index contributed by atoms with van der Waals surface area (Å²) in [6, 6.07) is 7.83. The molecule has 6 heteroatoms. The summed E-state index contributed by atoms with van der Waals surface area (Å²) in [7, 11) is 0. The summed E-state index contributed by atoms with van der Waals surface area (Å²) in [5.41, 5.74) is 0.954. The zero-order valence-corrected chi connectivity index (χ0v) is 17.4. The molecular weight excluding hydrogens is 352 g/mol. The van der Waals surface area contributed by atoms with Crippen molar-refractivity contribution in [2.24, 2.45) is 0 Å². The largest absolute Gasteiger partial charge is 0.484 e. The molecule has 2 N–H and O–H groups in total. The quantitative estimate of drug-likeness (QED) is 0.538. The van der Waals surface area contributed by atoms with Crippen LogP contribution in [0.2, 0.25) is 0 Å². The number of ether oxygens (including phenoxy) is 2. The number of amides is 1. The molecule has 0 spiro atoms. The van der Waals surface area contributed by atoms with Crippen LogP contribution in [0.3, 0.4) is 0 Å². The third kappa shape index (κ3) is 13.0. The van der Waals surface area contributed by atoms with Gasteiger partial charge in [0.05, 0.1) is 0 Å². The summed E-state index contributed by atoms with van der Waals surface area (Å²) < 4.78 is 11.0. The zero-order valence-electron chi connectivity index (χ0n) is 16.6. The molecule has 0 atom stereocenters. The van der Waals surface area contributed by atoms with Crippen LogP contribution in [0.5, 0.6) is 5.75 Å². The van der Waals surface area contributed by atoms with Crippen LogP contribution in [-0.4, -0.2) is 37.8 Å². The highest BCUT2D eigenvalue weighted by molar-refractivity contribution is 5.85. The van der Waals surface area contributed by atoms with E-state index >= 15 is 0 Å². The van der Waals surface area contributed by atoms with Gasteiger partial charge in [0, 0.05) is 25.3 Å². The van der Waals surface area contributed by atoms with E-state index in [1.54, 1.807) is 0 Å². The van der Waals surface area contributed by atoms with Crippen molar-refractivity contribution in [3.8, 4) is 5.75 Å². The van der Waals surface area contributed by atoms with Gasteiger partial charge in [-0.3, -0.25) is 4.79 Å². The van der Waals surface area contributed by atoms with E-state index in [0.717, 1.165) is 39.1 Å². The van der Waals surface area contributed by atoms with Gasteiger partial charge in [0.1, 0.15) is 5.75 Å². The number of hydrogen-bond donors (Lipinski definition) is 2. The smallest absolute Gasteiger partial charge is 0.258 e. The predicted octanol–water partition coefficient (Wildman–Crippen LogP) is 3.70. The van der Waals surface area contributed by atoms with Gasteiger partial charge in [-0.1, -0.05) is 25.5 Å². The van der Waals surface area contributed by atoms with Crippen LogP contribution in [0.15, 0.2) is 24.3 Å². The van der Waals surface area contributed by atoms with E-state index in [2.05, 4.69) is 17.6 Å². The Labute approximate surface area is 164 Å². The molecule has 1 rings (SSSR count). The second-order valence-electron chi connectivity index (χ2n) is 7.23. The number of unbranched alkanes of at least 4 members (excludes halogenated alkanes) is 1. The maximum atomic E-state index is 11.7. The number of carbonyl (C=O) groups excluding carboxylic acids is 1. The number of carbonyl (C=O) groups is 1. The molecule has 150 valence electrons. The Morgan fingerprint density at radius 1 is 1.08 bits per heavy atom. The van der Waals surface area contributed by atoms with Crippen LogP contribution in [0.1, 0.15) is 52.5 Å². The van der Waals surface area contributed by atoms with Crippen molar-refractivity contribution in [2.45, 2.75) is 59.0 Å². The molecule has 0 aliphatic carbocycles. The Kier molecular flexibility index (Phi) is 13.2. The maximum Gasteiger partial charge on any atom is 0.258 e. The normalized spacial score (nSPS) is 10.9. The lowest BCUT2D eigenvalue weighted by molar-refractivity contribution is -0.124. The number of hydrogen-bond acceptors (Lipinski definition) is 4. The molecule has 0 unspecified atom stereocenters. The number of halogens is 1. The summed E-state index contributed by atoms with van der Waals surface area (Å²) in [6.45, 7) is 11.5. The molecule has 0 saturated carbocycles. The van der Waals surface area contributed by atoms with E-state index < -0.39 is 0 Å². The molecule has 0 aliphatic heterocycles. The van der Waals surface area contributed by atoms with Gasteiger partial charge in [0.15, 0.2) is 6.61 Å². The van der Waals surface area contributed by atoms with Gasteiger partial charge in [-0.15, -0.1) is 12.4 Å². The predicted molar refractivity (Wildman–Crippen MR) is 109 cm³/mol. The Bertz CT molecular complexity index is 487. The van der Waals surface area contributed by atoms with Crippen LogP contribution in [0.4, 0.5) is 0 Å². The molecule has 5 nitrogen and oxygen atoms in total. The summed E-state index contributed by atoms with van der Waals surface area (Å²) in [4.78, 5) is 11.7. The van der Waals surface area contributed by atoms with Crippen molar-refractivity contribution in [1.82, 2.24) is 10.6 Å². The molecule has 0 aromatic heterocycles. The Morgan fingerprint density at radius 2 is 1.73 bits per heavy atom. The van der Waals surface area contributed by atoms with Crippen molar-refractivity contribution in [2.75, 3.05) is 26.4 Å². The molecule has 0 heterocycles. The third-order valence-corrected chi connectivity index (χ3v) is 3.42. The lowest BCUT2D eigenvalue weighted by Gasteiger charge is -2.20. The van der Waals surface area contributed by atoms with Gasteiger partial charge >= 0.3 is 0 Å². The van der Waals surface area contributed by atoms with E-state index in [1.165, 1.54) is 12.0 Å². The molecule has 0 aliphatic rings. The molecule has 1 amide bonds. The number of benzene rings is 1. The molecule has 26 heavy (non-hydrogen) atoms. The van der Waals surface area contributed by atoms with E-state index in [9.17, 15) is 4.79 Å². The SMILES string of the molecule is CCCCOCCCNCc1ccc(OCC(=O)NC(C)(C)C)cc1.Cl. The van der Waals surface area contributed by atoms with Gasteiger partial charge < -0.3 is 20.1 Å². The van der Waals surface area contributed by atoms with Crippen LogP contribution < -0.4 is 15.4 Å². The Hall–Kier alpha value is -1.30. The fourth-order valence-corrected chi connectivity index (χ4v) is 2.19. The monoisotopic (exact) mass is 386 g/mol. The second-order valence-corrected chi connectivity index (χ2v) is 7.23. The van der Waals surface area contributed by atoms with Crippen LogP contribution in [0.25, 0.3) is 0 Å². The molecular formula is C20H35ClN2O3. The summed E-state index contributed by atoms with van der Waals surface area (Å²) >= 11 is 0. The molecule has 0 fully saturated rings. The minimum atomic E-state index is -0.239. The van der Waals surface area contributed by atoms with Gasteiger partial charge in [0.2, 0.25) is 0 Å². The van der Waals surface area contributed by atoms with Gasteiger partial charge in [0.25, 0.3) is 5.91 Å². The van der Waals surface area contributed by atoms with Crippen LogP contribution in [0, 0.1) is 0 Å². The van der Waals surface area contributed by atoms with Crippen molar-refractivity contribution >= 4 is 18.3 Å². The number of rotatable bonds is 12. The minimum Gasteiger partial charge on any atom is -0.484 e. The first-order valence-electron chi connectivity index (χ1n) is 9.22. The van der Waals surface area contributed by atoms with E-state index in [4.69, 9.17) is 9.47 Å². The topological polar surface area (TPSA) is 59.6 Å². The van der Waals surface area contributed by atoms with Gasteiger partial charge in [-0.2, -0.15) is 0 Å². The Morgan fingerprint density at radius 3 is 2.35 bits per heavy atom. The highest BCUT2D eigenvalue weighted by Crippen LogP contribution is 2.12. The molecule has 1 aromatic rings. The molecule has 1 aromatic carbocycles. The van der Waals surface area contributed by atoms with E-state index in [0.29, 0.717) is 5.75 Å². The van der Waals surface area contributed by atoms with Crippen LogP contribution >= 0.6 is 12.4 Å². The first-order valence-corrected chi connectivity index (χ1v) is 9.22. The average Bonchev–Trinajstić information content (AvgIpc) is 2.55. The molecule has 0 bridgehead atoms. The van der Waals surface area contributed by atoms with Crippen molar-refractivity contribution < 1.29 is 14.3 Å². The maximum absolute atomic E-state index is 11.7. The Balaban J connectivity index is 0.00000625. The van der Waals surface area contributed by atoms with Gasteiger partial charge in [-0.05, 0) is 57.9 Å². The van der Waals surface area contributed by atoms with Crippen molar-refractivity contribution in [1.29, 1.82) is 0 Å². The molecule has 0 radical (unpaired) electrons. The summed E-state index contributed by atoms with van der Waals surface area (Å²) in [5.74, 6) is 0.594.